The highest BCUT2D eigenvalue weighted by atomic mass is 16.5. The van der Waals surface area contributed by atoms with Crippen LogP contribution in [-0.4, -0.2) is 19.7 Å². The van der Waals surface area contributed by atoms with Crippen LogP contribution in [0.3, 0.4) is 0 Å². The van der Waals surface area contributed by atoms with Crippen LogP contribution >= 0.6 is 0 Å². The topological polar surface area (TPSA) is 69.9 Å². The molecule has 0 saturated heterocycles. The van der Waals surface area contributed by atoms with E-state index in [1.165, 1.54) is 4.68 Å². The number of aryl methyl sites for hydroxylation is 2. The second-order valence-electron chi connectivity index (χ2n) is 6.29. The van der Waals surface area contributed by atoms with Gasteiger partial charge in [0.15, 0.2) is 0 Å². The summed E-state index contributed by atoms with van der Waals surface area (Å²) in [6, 6.07) is 18.9. The zero-order valence-electron chi connectivity index (χ0n) is 15.1. The van der Waals surface area contributed by atoms with E-state index in [4.69, 9.17) is 4.74 Å². The number of benzene rings is 2. The fraction of sp³-hybridized carbons (Fsp3) is 0.143. The van der Waals surface area contributed by atoms with E-state index in [2.05, 4.69) is 15.1 Å². The summed E-state index contributed by atoms with van der Waals surface area (Å²) in [5.74, 6) is 0.615. The Kier molecular flexibility index (Phi) is 4.38. The normalized spacial score (nSPS) is 10.9. The third-order valence-corrected chi connectivity index (χ3v) is 4.15. The van der Waals surface area contributed by atoms with Gasteiger partial charge in [-0.15, -0.1) is 5.10 Å². The van der Waals surface area contributed by atoms with Crippen molar-refractivity contribution < 1.29 is 4.74 Å². The number of hydrogen-bond donors (Lipinski definition) is 0. The molecule has 0 N–H and O–H groups in total. The predicted octanol–water partition coefficient (Wildman–Crippen LogP) is 3.37. The lowest BCUT2D eigenvalue weighted by atomic mass is 10.2. The molecule has 0 radical (unpaired) electrons. The molecule has 4 rings (SSSR count). The van der Waals surface area contributed by atoms with Crippen molar-refractivity contribution in [2.75, 3.05) is 0 Å². The van der Waals surface area contributed by atoms with Gasteiger partial charge in [0, 0.05) is 11.4 Å². The third kappa shape index (κ3) is 3.42. The van der Waals surface area contributed by atoms with E-state index in [9.17, 15) is 4.79 Å². The van der Waals surface area contributed by atoms with E-state index < -0.39 is 0 Å². The molecule has 0 atom stereocenters. The van der Waals surface area contributed by atoms with Crippen LogP contribution in [0.25, 0.3) is 16.7 Å². The molecular formula is C21H18N4O2. The molecule has 2 aromatic heterocycles. The molecule has 0 aliphatic heterocycles. The molecule has 0 spiro atoms. The minimum absolute atomic E-state index is 0.243. The number of rotatable bonds is 4. The highest BCUT2D eigenvalue weighted by molar-refractivity contribution is 5.85. The molecule has 0 bridgehead atoms. The number of aromatic nitrogens is 4. The highest BCUT2D eigenvalue weighted by Gasteiger charge is 2.15. The Balaban J connectivity index is 1.85. The summed E-state index contributed by atoms with van der Waals surface area (Å²) >= 11 is 0. The van der Waals surface area contributed by atoms with Crippen molar-refractivity contribution in [3.63, 3.8) is 0 Å². The van der Waals surface area contributed by atoms with Crippen molar-refractivity contribution in [3.8, 4) is 11.8 Å². The monoisotopic (exact) mass is 358 g/mol. The fourth-order valence-electron chi connectivity index (χ4n) is 2.93. The lowest BCUT2D eigenvalue weighted by Gasteiger charge is -2.12. The maximum absolute atomic E-state index is 12.9. The SMILES string of the molecule is Cc1cc(C)nc(-n2nc(OCc3ccccc3)c3ccccc3c2=O)n1. The van der Waals surface area contributed by atoms with E-state index in [0.29, 0.717) is 23.3 Å². The smallest absolute Gasteiger partial charge is 0.282 e. The second kappa shape index (κ2) is 6.99. The number of ether oxygens (including phenoxy) is 1. The molecule has 27 heavy (non-hydrogen) atoms. The van der Waals surface area contributed by atoms with Crippen LogP contribution in [0.1, 0.15) is 17.0 Å². The maximum Gasteiger partial charge on any atom is 0.282 e. The largest absolute Gasteiger partial charge is 0.471 e. The lowest BCUT2D eigenvalue weighted by molar-refractivity contribution is 0.291. The zero-order chi connectivity index (χ0) is 18.8. The van der Waals surface area contributed by atoms with Crippen molar-refractivity contribution in [1.29, 1.82) is 0 Å². The fourth-order valence-corrected chi connectivity index (χ4v) is 2.93. The van der Waals surface area contributed by atoms with Crippen LogP contribution < -0.4 is 10.3 Å². The molecule has 4 aromatic rings. The van der Waals surface area contributed by atoms with Crippen LogP contribution in [0.4, 0.5) is 0 Å². The number of nitrogens with zero attached hydrogens (tertiary/aromatic N) is 4. The summed E-state index contributed by atoms with van der Waals surface area (Å²) in [6.45, 7) is 4.07. The summed E-state index contributed by atoms with van der Waals surface area (Å²) < 4.78 is 7.17. The molecule has 2 aromatic carbocycles. The Morgan fingerprint density at radius 2 is 1.52 bits per heavy atom. The predicted molar refractivity (Wildman–Crippen MR) is 103 cm³/mol. The molecule has 6 heteroatoms. The van der Waals surface area contributed by atoms with Gasteiger partial charge in [-0.2, -0.15) is 4.68 Å². The van der Waals surface area contributed by atoms with Crippen LogP contribution in [0.15, 0.2) is 65.5 Å². The van der Waals surface area contributed by atoms with Gasteiger partial charge in [-0.25, -0.2) is 9.97 Å². The van der Waals surface area contributed by atoms with Gasteiger partial charge in [-0.3, -0.25) is 4.79 Å². The summed E-state index contributed by atoms with van der Waals surface area (Å²) in [6.07, 6.45) is 0. The Bertz CT molecular complexity index is 1150. The van der Waals surface area contributed by atoms with Crippen molar-refractivity contribution in [1.82, 2.24) is 19.7 Å². The second-order valence-corrected chi connectivity index (χ2v) is 6.29. The first-order valence-electron chi connectivity index (χ1n) is 8.63. The van der Waals surface area contributed by atoms with E-state index >= 15 is 0 Å². The van der Waals surface area contributed by atoms with Crippen molar-refractivity contribution in [2.45, 2.75) is 20.5 Å². The molecule has 0 aliphatic rings. The van der Waals surface area contributed by atoms with Crippen molar-refractivity contribution in [3.05, 3.63) is 88.0 Å². The lowest BCUT2D eigenvalue weighted by Crippen LogP contribution is -2.24. The highest BCUT2D eigenvalue weighted by Crippen LogP contribution is 2.22. The van der Waals surface area contributed by atoms with E-state index in [1.54, 1.807) is 6.07 Å². The van der Waals surface area contributed by atoms with Gasteiger partial charge in [0.1, 0.15) is 6.61 Å². The molecule has 0 unspecified atom stereocenters. The van der Waals surface area contributed by atoms with E-state index in [-0.39, 0.29) is 11.5 Å². The first-order chi connectivity index (χ1) is 13.1. The van der Waals surface area contributed by atoms with E-state index in [0.717, 1.165) is 17.0 Å². The Labute approximate surface area is 156 Å². The zero-order valence-corrected chi connectivity index (χ0v) is 15.1. The first kappa shape index (κ1) is 16.9. The van der Waals surface area contributed by atoms with Gasteiger partial charge in [-0.1, -0.05) is 42.5 Å². The van der Waals surface area contributed by atoms with Gasteiger partial charge in [0.25, 0.3) is 11.5 Å². The van der Waals surface area contributed by atoms with Crippen LogP contribution in [0.5, 0.6) is 5.88 Å². The molecule has 0 amide bonds. The van der Waals surface area contributed by atoms with Crippen molar-refractivity contribution in [2.24, 2.45) is 0 Å². The number of hydrogen-bond acceptors (Lipinski definition) is 5. The average Bonchev–Trinajstić information content (AvgIpc) is 2.68. The summed E-state index contributed by atoms with van der Waals surface area (Å²) in [4.78, 5) is 21.7. The Morgan fingerprint density at radius 1 is 0.889 bits per heavy atom. The molecule has 6 nitrogen and oxygen atoms in total. The standard InChI is InChI=1S/C21H18N4O2/c1-14-12-15(2)23-21(22-14)25-20(26)18-11-7-6-10-17(18)19(24-25)27-13-16-8-4-3-5-9-16/h3-12H,13H2,1-2H3. The van der Waals surface area contributed by atoms with Crippen molar-refractivity contribution >= 4 is 10.8 Å². The summed E-state index contributed by atoms with van der Waals surface area (Å²) in [5.41, 5.74) is 2.28. The van der Waals surface area contributed by atoms with Crippen LogP contribution in [0.2, 0.25) is 0 Å². The maximum atomic E-state index is 12.9. The van der Waals surface area contributed by atoms with Gasteiger partial charge < -0.3 is 4.74 Å². The molecule has 134 valence electrons. The van der Waals surface area contributed by atoms with Gasteiger partial charge in [0.05, 0.1) is 10.8 Å². The summed E-state index contributed by atoms with van der Waals surface area (Å²) in [5, 5.41) is 5.60. The van der Waals surface area contributed by atoms with Gasteiger partial charge in [0.2, 0.25) is 5.88 Å². The third-order valence-electron chi connectivity index (χ3n) is 4.15. The number of fused-ring (bicyclic) bond motifs is 1. The molecule has 0 saturated carbocycles. The average molecular weight is 358 g/mol. The minimum atomic E-state index is -0.275. The Morgan fingerprint density at radius 3 is 2.22 bits per heavy atom. The summed E-state index contributed by atoms with van der Waals surface area (Å²) in [7, 11) is 0. The van der Waals surface area contributed by atoms with Crippen LogP contribution in [0, 0.1) is 13.8 Å². The molecular weight excluding hydrogens is 340 g/mol. The molecule has 0 fully saturated rings. The van der Waals surface area contributed by atoms with Gasteiger partial charge in [-0.05, 0) is 37.6 Å². The minimum Gasteiger partial charge on any atom is -0.471 e. The van der Waals surface area contributed by atoms with Crippen LogP contribution in [-0.2, 0) is 6.61 Å². The molecule has 2 heterocycles. The first-order valence-corrected chi connectivity index (χ1v) is 8.63. The van der Waals surface area contributed by atoms with E-state index in [1.807, 2.05) is 68.4 Å². The molecule has 0 aliphatic carbocycles. The van der Waals surface area contributed by atoms with Gasteiger partial charge >= 0.3 is 0 Å². The Hall–Kier alpha value is -3.54. The quantitative estimate of drug-likeness (QED) is 0.559.